The van der Waals surface area contributed by atoms with Gasteiger partial charge in [-0.3, -0.25) is 4.79 Å². The number of fused-ring (bicyclic) bond motifs is 1. The van der Waals surface area contributed by atoms with E-state index < -0.39 is 0 Å². The van der Waals surface area contributed by atoms with Gasteiger partial charge in [-0.15, -0.1) is 0 Å². The van der Waals surface area contributed by atoms with E-state index in [0.29, 0.717) is 40.7 Å². The minimum atomic E-state index is -0.315. The zero-order chi connectivity index (χ0) is 24.0. The van der Waals surface area contributed by atoms with Crippen LogP contribution in [0.2, 0.25) is 5.02 Å². The molecule has 32 heavy (non-hydrogen) atoms. The second-order valence-corrected chi connectivity index (χ2v) is 8.90. The average Bonchev–Trinajstić information content (AvgIpc) is 2.73. The molecule has 1 aliphatic heterocycles. The van der Waals surface area contributed by atoms with Crippen LogP contribution in [0.25, 0.3) is 0 Å². The summed E-state index contributed by atoms with van der Waals surface area (Å²) in [6.45, 7) is 10.6. The number of nitrogens with one attached hydrogen (secondary N) is 2. The van der Waals surface area contributed by atoms with Gasteiger partial charge in [-0.2, -0.15) is 0 Å². The fourth-order valence-corrected chi connectivity index (χ4v) is 4.12. The van der Waals surface area contributed by atoms with E-state index in [9.17, 15) is 4.79 Å². The molecule has 0 saturated heterocycles. The Hall–Kier alpha value is -2.44. The molecule has 1 amide bonds. The number of benzene rings is 2. The molecule has 6 nitrogen and oxygen atoms in total. The number of carbonyl (C=O) groups excluding carboxylic acids is 1. The van der Waals surface area contributed by atoms with E-state index in [-0.39, 0.29) is 17.9 Å². The van der Waals surface area contributed by atoms with Crippen LogP contribution >= 0.6 is 11.6 Å². The van der Waals surface area contributed by atoms with Crippen LogP contribution in [0.3, 0.4) is 0 Å². The van der Waals surface area contributed by atoms with E-state index in [1.807, 2.05) is 25.1 Å². The lowest BCUT2D eigenvalue weighted by Gasteiger charge is -2.33. The number of halogens is 1. The smallest absolute Gasteiger partial charge is 0.228 e. The van der Waals surface area contributed by atoms with Crippen LogP contribution in [0.5, 0.6) is 11.5 Å². The van der Waals surface area contributed by atoms with Crippen molar-refractivity contribution in [1.29, 1.82) is 0 Å². The van der Waals surface area contributed by atoms with Crippen LogP contribution in [0.1, 0.15) is 69.7 Å². The summed E-state index contributed by atoms with van der Waals surface area (Å²) >= 11 is 6.03. The molecule has 0 fully saturated rings. The third-order valence-corrected chi connectivity index (χ3v) is 5.65. The molecule has 0 aromatic heterocycles. The molecule has 4 N–H and O–H groups in total. The fraction of sp³-hybridized carbons (Fsp3) is 0.480. The number of amides is 1. The molecule has 0 radical (unpaired) electrons. The third-order valence-electron chi connectivity index (χ3n) is 5.31. The van der Waals surface area contributed by atoms with Gasteiger partial charge in [-0.1, -0.05) is 52.3 Å². The monoisotopic (exact) mass is 461 g/mol. The second-order valence-electron chi connectivity index (χ2n) is 8.50. The predicted octanol–water partition coefficient (Wildman–Crippen LogP) is 5.05. The van der Waals surface area contributed by atoms with Crippen molar-refractivity contribution in [3.63, 3.8) is 0 Å². The summed E-state index contributed by atoms with van der Waals surface area (Å²) in [7, 11) is 3.18. The highest BCUT2D eigenvalue weighted by molar-refractivity contribution is 6.33. The number of hydrogen-bond donors (Lipinski definition) is 3. The highest BCUT2D eigenvalue weighted by Gasteiger charge is 2.34. The van der Waals surface area contributed by atoms with Crippen molar-refractivity contribution in [2.75, 3.05) is 20.0 Å². The molecular weight excluding hydrogens is 426 g/mol. The van der Waals surface area contributed by atoms with Crippen molar-refractivity contribution in [2.24, 2.45) is 0 Å². The van der Waals surface area contributed by atoms with Crippen LogP contribution in [-0.2, 0) is 4.79 Å². The van der Waals surface area contributed by atoms with Gasteiger partial charge >= 0.3 is 0 Å². The number of hydrogen-bond acceptors (Lipinski definition) is 5. The first-order valence-electron chi connectivity index (χ1n) is 11.0. The molecule has 2 unspecified atom stereocenters. The summed E-state index contributed by atoms with van der Waals surface area (Å²) < 4.78 is 10.9. The van der Waals surface area contributed by atoms with Crippen molar-refractivity contribution in [1.82, 2.24) is 10.6 Å². The van der Waals surface area contributed by atoms with Gasteiger partial charge < -0.3 is 25.8 Å². The van der Waals surface area contributed by atoms with Gasteiger partial charge in [0, 0.05) is 12.1 Å². The summed E-state index contributed by atoms with van der Waals surface area (Å²) in [5.41, 5.74) is 9.23. The molecular formula is C25H36ClN3O3. The lowest BCUT2D eigenvalue weighted by molar-refractivity contribution is -0.123. The maximum atomic E-state index is 12.6. The third kappa shape index (κ3) is 6.08. The first kappa shape index (κ1) is 25.8. The summed E-state index contributed by atoms with van der Waals surface area (Å²) in [6.07, 6.45) is 0.698. The number of rotatable bonds is 6. The van der Waals surface area contributed by atoms with Gasteiger partial charge in [0.25, 0.3) is 0 Å². The number of ether oxygens (including phenoxy) is 2. The summed E-state index contributed by atoms with van der Waals surface area (Å²) in [4.78, 5) is 12.6. The SMILES string of the molecule is CC(C)NC(C)C.CCC1C(=O)NC(c2ccc(Cl)c(N)c2)c2cc(OC)c(OC)cc21. The summed E-state index contributed by atoms with van der Waals surface area (Å²) in [5.74, 6) is 0.999. The van der Waals surface area contributed by atoms with Crippen molar-refractivity contribution in [2.45, 2.75) is 65.1 Å². The zero-order valence-electron chi connectivity index (χ0n) is 20.1. The Bertz CT molecular complexity index is 925. The van der Waals surface area contributed by atoms with Crippen LogP contribution < -0.4 is 25.8 Å². The molecule has 2 aromatic rings. The van der Waals surface area contributed by atoms with Crippen LogP contribution in [-0.4, -0.2) is 32.2 Å². The fourth-order valence-electron chi connectivity index (χ4n) is 4.00. The maximum absolute atomic E-state index is 12.6. The van der Waals surface area contributed by atoms with Crippen molar-refractivity contribution in [3.05, 3.63) is 52.0 Å². The predicted molar refractivity (Wildman–Crippen MR) is 132 cm³/mol. The molecule has 2 atom stereocenters. The van der Waals surface area contributed by atoms with Crippen molar-refractivity contribution in [3.8, 4) is 11.5 Å². The van der Waals surface area contributed by atoms with Gasteiger partial charge in [0.2, 0.25) is 5.91 Å². The Kier molecular flexibility index (Phi) is 9.22. The molecule has 1 heterocycles. The topological polar surface area (TPSA) is 85.6 Å². The Labute approximate surface area is 196 Å². The number of nitrogen functional groups attached to an aromatic ring is 1. The molecule has 0 aliphatic carbocycles. The normalized spacial score (nSPS) is 17.4. The Morgan fingerprint density at radius 1 is 1.03 bits per heavy atom. The summed E-state index contributed by atoms with van der Waals surface area (Å²) in [6, 6.07) is 10.2. The standard InChI is InChI=1S/C19H21ClN2O3.C6H15N/c1-4-11-12-8-16(24-2)17(25-3)9-13(12)18(22-19(11)23)10-5-6-14(20)15(21)7-10;1-5(2)7-6(3)4/h5-9,11,18H,4,21H2,1-3H3,(H,22,23);5-7H,1-4H3. The molecule has 176 valence electrons. The van der Waals surface area contributed by atoms with E-state index in [1.54, 1.807) is 26.4 Å². The number of carbonyl (C=O) groups is 1. The molecule has 2 aromatic carbocycles. The van der Waals surface area contributed by atoms with Crippen molar-refractivity contribution < 1.29 is 14.3 Å². The van der Waals surface area contributed by atoms with Crippen molar-refractivity contribution >= 4 is 23.2 Å². The van der Waals surface area contributed by atoms with Crippen LogP contribution in [0.15, 0.2) is 30.3 Å². The van der Waals surface area contributed by atoms with Crippen LogP contribution in [0.4, 0.5) is 5.69 Å². The Balaban J connectivity index is 0.000000451. The van der Waals surface area contributed by atoms with Gasteiger partial charge in [-0.05, 0) is 47.4 Å². The summed E-state index contributed by atoms with van der Waals surface area (Å²) in [5, 5.41) is 6.89. The molecule has 1 aliphatic rings. The van der Waals surface area contributed by atoms with E-state index in [2.05, 4.69) is 38.3 Å². The Morgan fingerprint density at radius 2 is 1.59 bits per heavy atom. The second kappa shape index (κ2) is 11.4. The molecule has 0 spiro atoms. The highest BCUT2D eigenvalue weighted by atomic mass is 35.5. The zero-order valence-corrected chi connectivity index (χ0v) is 20.8. The molecule has 3 rings (SSSR count). The number of methoxy groups -OCH3 is 2. The highest BCUT2D eigenvalue weighted by Crippen LogP contribution is 2.42. The minimum Gasteiger partial charge on any atom is -0.493 e. The first-order valence-corrected chi connectivity index (χ1v) is 11.4. The molecule has 7 heteroatoms. The lowest BCUT2D eigenvalue weighted by atomic mass is 9.82. The van der Waals surface area contributed by atoms with Gasteiger partial charge in [-0.25, -0.2) is 0 Å². The van der Waals surface area contributed by atoms with E-state index >= 15 is 0 Å². The molecule has 0 saturated carbocycles. The van der Waals surface area contributed by atoms with Gasteiger partial charge in [0.15, 0.2) is 11.5 Å². The Morgan fingerprint density at radius 3 is 2.03 bits per heavy atom. The van der Waals surface area contributed by atoms with Gasteiger partial charge in [0.1, 0.15) is 0 Å². The number of anilines is 1. The average molecular weight is 462 g/mol. The lowest BCUT2D eigenvalue weighted by Crippen LogP contribution is -2.39. The largest absolute Gasteiger partial charge is 0.493 e. The van der Waals surface area contributed by atoms with E-state index in [4.69, 9.17) is 26.8 Å². The van der Waals surface area contributed by atoms with E-state index in [1.165, 1.54) is 0 Å². The maximum Gasteiger partial charge on any atom is 0.228 e. The minimum absolute atomic E-state index is 0.0132. The molecule has 0 bridgehead atoms. The quantitative estimate of drug-likeness (QED) is 0.524. The van der Waals surface area contributed by atoms with Crippen LogP contribution in [0, 0.1) is 0 Å². The van der Waals surface area contributed by atoms with Gasteiger partial charge in [0.05, 0.1) is 36.9 Å². The van der Waals surface area contributed by atoms with E-state index in [0.717, 1.165) is 16.7 Å². The number of nitrogens with two attached hydrogens (primary N) is 1. The first-order chi connectivity index (χ1) is 15.1.